The number of halogens is 3. The van der Waals surface area contributed by atoms with Gasteiger partial charge in [-0.1, -0.05) is 6.92 Å². The summed E-state index contributed by atoms with van der Waals surface area (Å²) in [5.74, 6) is 0. The van der Waals surface area contributed by atoms with Gasteiger partial charge in [0.25, 0.3) is 0 Å². The molecule has 0 amide bonds. The molecule has 0 spiro atoms. The van der Waals surface area contributed by atoms with E-state index in [1.165, 1.54) is 11.3 Å². The minimum Gasteiger partial charge on any atom is -0.351 e. The van der Waals surface area contributed by atoms with Crippen LogP contribution in [0.2, 0.25) is 0 Å². The molecule has 0 aliphatic heterocycles. The number of nitrogens with one attached hydrogen (secondary N) is 1. The first-order valence-corrected chi connectivity index (χ1v) is 7.18. The number of alkyl halides is 3. The van der Waals surface area contributed by atoms with Crippen molar-refractivity contribution in [1.82, 2.24) is 10.3 Å². The van der Waals surface area contributed by atoms with E-state index in [1.807, 2.05) is 12.3 Å². The zero-order valence-corrected chi connectivity index (χ0v) is 12.2. The first-order chi connectivity index (χ1) is 8.83. The largest absolute Gasteiger partial charge is 0.390 e. The Labute approximate surface area is 115 Å². The van der Waals surface area contributed by atoms with Crippen LogP contribution in [0.3, 0.4) is 0 Å². The Kier molecular flexibility index (Phi) is 6.06. The zero-order valence-electron chi connectivity index (χ0n) is 11.4. The minimum atomic E-state index is -4.12. The van der Waals surface area contributed by atoms with Crippen molar-refractivity contribution in [3.8, 4) is 0 Å². The summed E-state index contributed by atoms with van der Waals surface area (Å²) < 4.78 is 36.5. The highest BCUT2D eigenvalue weighted by molar-refractivity contribution is 7.13. The molecule has 0 aliphatic rings. The Bertz CT molecular complexity index is 379. The third-order valence-electron chi connectivity index (χ3n) is 2.71. The van der Waals surface area contributed by atoms with Gasteiger partial charge in [-0.2, -0.15) is 13.2 Å². The first kappa shape index (κ1) is 16.2. The van der Waals surface area contributed by atoms with E-state index in [0.29, 0.717) is 5.13 Å². The summed E-state index contributed by atoms with van der Waals surface area (Å²) >= 11 is 1.38. The van der Waals surface area contributed by atoms with Crippen molar-refractivity contribution < 1.29 is 13.2 Å². The Morgan fingerprint density at radius 3 is 2.74 bits per heavy atom. The number of aromatic nitrogens is 1. The Morgan fingerprint density at radius 2 is 2.16 bits per heavy atom. The van der Waals surface area contributed by atoms with Crippen LogP contribution >= 0.6 is 11.3 Å². The van der Waals surface area contributed by atoms with Crippen molar-refractivity contribution in [3.63, 3.8) is 0 Å². The lowest BCUT2D eigenvalue weighted by Gasteiger charge is -2.17. The molecule has 1 N–H and O–H groups in total. The molecule has 0 radical (unpaired) electrons. The van der Waals surface area contributed by atoms with Crippen LogP contribution in [0, 0.1) is 0 Å². The molecule has 0 fully saturated rings. The van der Waals surface area contributed by atoms with Crippen molar-refractivity contribution in [2.75, 3.05) is 25.0 Å². The van der Waals surface area contributed by atoms with Crippen LogP contribution in [-0.2, 0) is 0 Å². The van der Waals surface area contributed by atoms with E-state index in [0.717, 1.165) is 18.7 Å². The van der Waals surface area contributed by atoms with Crippen LogP contribution in [0.4, 0.5) is 18.3 Å². The van der Waals surface area contributed by atoms with Crippen LogP contribution in [0.5, 0.6) is 0 Å². The summed E-state index contributed by atoms with van der Waals surface area (Å²) in [6, 6.07) is 0.126. The van der Waals surface area contributed by atoms with E-state index in [4.69, 9.17) is 0 Å². The molecule has 1 aromatic heterocycles. The maximum absolute atomic E-state index is 12.2. The Morgan fingerprint density at radius 1 is 1.47 bits per heavy atom. The van der Waals surface area contributed by atoms with Crippen molar-refractivity contribution in [1.29, 1.82) is 0 Å². The van der Waals surface area contributed by atoms with Gasteiger partial charge >= 0.3 is 6.18 Å². The Hall–Kier alpha value is -0.820. The molecule has 1 heterocycles. The number of hydrogen-bond donors (Lipinski definition) is 1. The number of rotatable bonds is 7. The molecule has 110 valence electrons. The quantitative estimate of drug-likeness (QED) is 0.833. The third-order valence-corrected chi connectivity index (χ3v) is 3.68. The number of anilines is 1. The molecule has 0 saturated heterocycles. The van der Waals surface area contributed by atoms with Gasteiger partial charge < -0.3 is 10.2 Å². The average molecular weight is 295 g/mol. The minimum absolute atomic E-state index is 0.0623. The van der Waals surface area contributed by atoms with E-state index in [-0.39, 0.29) is 12.6 Å². The molecular weight excluding hydrogens is 275 g/mol. The summed E-state index contributed by atoms with van der Waals surface area (Å²) in [5, 5.41) is 5.83. The van der Waals surface area contributed by atoms with Gasteiger partial charge in [-0.05, 0) is 19.9 Å². The standard InChI is InChI=1S/C12H20F3N3S/c1-4-6-16-9(2)10-8-19-11(17-10)18(3)7-5-12(13,14)15/h8-9,16H,4-7H2,1-3H3. The first-order valence-electron chi connectivity index (χ1n) is 6.30. The highest BCUT2D eigenvalue weighted by Gasteiger charge is 2.27. The number of thiazole rings is 1. The normalized spacial score (nSPS) is 13.6. The van der Waals surface area contributed by atoms with Gasteiger partial charge in [0.1, 0.15) is 0 Å². The van der Waals surface area contributed by atoms with Crippen LogP contribution < -0.4 is 10.2 Å². The summed E-state index contributed by atoms with van der Waals surface area (Å²) in [4.78, 5) is 5.93. The predicted molar refractivity (Wildman–Crippen MR) is 72.8 cm³/mol. The molecule has 0 bridgehead atoms. The van der Waals surface area contributed by atoms with Gasteiger partial charge in [0.15, 0.2) is 5.13 Å². The lowest BCUT2D eigenvalue weighted by Crippen LogP contribution is -2.24. The molecule has 1 rings (SSSR count). The molecule has 1 aromatic rings. The summed E-state index contributed by atoms with van der Waals surface area (Å²) in [6.07, 6.45) is -3.90. The number of nitrogens with zero attached hydrogens (tertiary/aromatic N) is 2. The second-order valence-electron chi connectivity index (χ2n) is 4.52. The van der Waals surface area contributed by atoms with Gasteiger partial charge in [0.2, 0.25) is 0 Å². The lowest BCUT2D eigenvalue weighted by atomic mass is 10.2. The van der Waals surface area contributed by atoms with E-state index in [9.17, 15) is 13.2 Å². The van der Waals surface area contributed by atoms with E-state index in [2.05, 4.69) is 17.2 Å². The fourth-order valence-corrected chi connectivity index (χ4v) is 2.42. The molecule has 0 aliphatic carbocycles. The number of hydrogen-bond acceptors (Lipinski definition) is 4. The van der Waals surface area contributed by atoms with E-state index < -0.39 is 12.6 Å². The van der Waals surface area contributed by atoms with Gasteiger partial charge in [-0.15, -0.1) is 11.3 Å². The van der Waals surface area contributed by atoms with Crippen LogP contribution in [0.1, 0.15) is 38.4 Å². The average Bonchev–Trinajstić information content (AvgIpc) is 2.81. The molecule has 0 aromatic carbocycles. The van der Waals surface area contributed by atoms with E-state index in [1.54, 1.807) is 11.9 Å². The predicted octanol–water partition coefficient (Wildman–Crippen LogP) is 3.59. The highest BCUT2D eigenvalue weighted by Crippen LogP contribution is 2.25. The maximum Gasteiger partial charge on any atom is 0.390 e. The van der Waals surface area contributed by atoms with E-state index >= 15 is 0 Å². The summed E-state index contributed by atoms with van der Waals surface area (Å²) in [6.45, 7) is 4.92. The van der Waals surface area contributed by atoms with Crippen LogP contribution in [0.15, 0.2) is 5.38 Å². The SMILES string of the molecule is CCCNC(C)c1csc(N(C)CCC(F)(F)F)n1. The van der Waals surface area contributed by atoms with Gasteiger partial charge in [-0.3, -0.25) is 0 Å². The highest BCUT2D eigenvalue weighted by atomic mass is 32.1. The fourth-order valence-electron chi connectivity index (χ4n) is 1.51. The second kappa shape index (κ2) is 7.09. The monoisotopic (exact) mass is 295 g/mol. The molecule has 1 unspecified atom stereocenters. The molecule has 19 heavy (non-hydrogen) atoms. The smallest absolute Gasteiger partial charge is 0.351 e. The lowest BCUT2D eigenvalue weighted by molar-refractivity contribution is -0.132. The third kappa shape index (κ3) is 5.78. The summed E-state index contributed by atoms with van der Waals surface area (Å²) in [5.41, 5.74) is 0.882. The zero-order chi connectivity index (χ0) is 14.5. The fraction of sp³-hybridized carbons (Fsp3) is 0.750. The van der Waals surface area contributed by atoms with Gasteiger partial charge in [0, 0.05) is 25.0 Å². The van der Waals surface area contributed by atoms with Gasteiger partial charge in [-0.25, -0.2) is 4.98 Å². The second-order valence-corrected chi connectivity index (χ2v) is 5.35. The molecular formula is C12H20F3N3S. The topological polar surface area (TPSA) is 28.2 Å². The van der Waals surface area contributed by atoms with Crippen molar-refractivity contribution in [2.45, 2.75) is 38.9 Å². The molecule has 3 nitrogen and oxygen atoms in total. The molecule has 0 saturated carbocycles. The molecule has 1 atom stereocenters. The van der Waals surface area contributed by atoms with Crippen LogP contribution in [0.25, 0.3) is 0 Å². The van der Waals surface area contributed by atoms with Crippen molar-refractivity contribution in [3.05, 3.63) is 11.1 Å². The van der Waals surface area contributed by atoms with Crippen molar-refractivity contribution >= 4 is 16.5 Å². The Balaban J connectivity index is 2.53. The summed E-state index contributed by atoms with van der Waals surface area (Å²) in [7, 11) is 1.64. The van der Waals surface area contributed by atoms with Crippen LogP contribution in [-0.4, -0.2) is 31.3 Å². The van der Waals surface area contributed by atoms with Gasteiger partial charge in [0.05, 0.1) is 12.1 Å². The molecule has 7 heteroatoms. The maximum atomic E-state index is 12.2. The van der Waals surface area contributed by atoms with Crippen molar-refractivity contribution in [2.24, 2.45) is 0 Å².